The van der Waals surface area contributed by atoms with E-state index in [0.717, 1.165) is 6.42 Å². The molecule has 0 amide bonds. The van der Waals surface area contributed by atoms with Crippen LogP contribution in [0.5, 0.6) is 0 Å². The van der Waals surface area contributed by atoms with E-state index in [4.69, 9.17) is 6.42 Å². The average Bonchev–Trinajstić information content (AvgIpc) is 2.03. The van der Waals surface area contributed by atoms with E-state index in [0.29, 0.717) is 6.54 Å². The molecule has 0 rings (SSSR count). The van der Waals surface area contributed by atoms with Gasteiger partial charge in [-0.15, -0.1) is 6.42 Å². The van der Waals surface area contributed by atoms with Crippen molar-refractivity contribution in [1.29, 1.82) is 0 Å². The monoisotopic (exact) mass is 203 g/mol. The quantitative estimate of drug-likeness (QED) is 0.627. The van der Waals surface area contributed by atoms with E-state index in [1.54, 1.807) is 13.8 Å². The van der Waals surface area contributed by atoms with Crippen LogP contribution in [-0.2, 0) is 10.0 Å². The van der Waals surface area contributed by atoms with Crippen LogP contribution >= 0.6 is 0 Å². The summed E-state index contributed by atoms with van der Waals surface area (Å²) in [4.78, 5) is 0. The highest BCUT2D eigenvalue weighted by atomic mass is 32.2. The maximum absolute atomic E-state index is 11.6. The Bertz CT molecular complexity index is 274. The third-order valence-corrected chi connectivity index (χ3v) is 3.92. The van der Waals surface area contributed by atoms with Crippen molar-refractivity contribution in [2.45, 2.75) is 32.4 Å². The van der Waals surface area contributed by atoms with Gasteiger partial charge in [0.2, 0.25) is 10.0 Å². The summed E-state index contributed by atoms with van der Waals surface area (Å²) in [6.07, 6.45) is 5.89. The van der Waals surface area contributed by atoms with Gasteiger partial charge in [-0.25, -0.2) is 8.42 Å². The number of sulfonamides is 1. The Morgan fingerprint density at radius 2 is 2.00 bits per heavy atom. The summed E-state index contributed by atoms with van der Waals surface area (Å²) in [7, 11) is -3.17. The number of hydrogen-bond donors (Lipinski definition) is 0. The van der Waals surface area contributed by atoms with Crippen molar-refractivity contribution >= 4 is 10.0 Å². The van der Waals surface area contributed by atoms with Crippen LogP contribution < -0.4 is 0 Å². The van der Waals surface area contributed by atoms with Gasteiger partial charge in [0.1, 0.15) is 0 Å². The van der Waals surface area contributed by atoms with Gasteiger partial charge in [0.15, 0.2) is 0 Å². The lowest BCUT2D eigenvalue weighted by atomic mass is 10.5. The third-order valence-electron chi connectivity index (χ3n) is 1.70. The van der Waals surface area contributed by atoms with Crippen LogP contribution in [0, 0.1) is 12.3 Å². The summed E-state index contributed by atoms with van der Waals surface area (Å²) in [6.45, 7) is 5.93. The van der Waals surface area contributed by atoms with Gasteiger partial charge in [-0.3, -0.25) is 0 Å². The molecule has 0 fully saturated rings. The molecule has 13 heavy (non-hydrogen) atoms. The highest BCUT2D eigenvalue weighted by Gasteiger charge is 2.23. The molecule has 0 aromatic carbocycles. The molecule has 0 N–H and O–H groups in total. The summed E-state index contributed by atoms with van der Waals surface area (Å²) in [6, 6.07) is 0. The third kappa shape index (κ3) is 3.37. The molecule has 0 atom stereocenters. The van der Waals surface area contributed by atoms with Crippen LogP contribution in [0.1, 0.15) is 27.2 Å². The maximum atomic E-state index is 11.6. The van der Waals surface area contributed by atoms with Crippen LogP contribution in [0.3, 0.4) is 0 Å². The van der Waals surface area contributed by atoms with Crippen LogP contribution in [0.4, 0.5) is 0 Å². The Labute approximate surface area is 81.2 Å². The zero-order valence-electron chi connectivity index (χ0n) is 8.45. The lowest BCUT2D eigenvalue weighted by Crippen LogP contribution is -2.37. The molecule has 0 heterocycles. The first-order chi connectivity index (χ1) is 5.96. The van der Waals surface area contributed by atoms with Crippen LogP contribution in [0.15, 0.2) is 0 Å². The highest BCUT2D eigenvalue weighted by molar-refractivity contribution is 7.89. The fourth-order valence-electron chi connectivity index (χ4n) is 0.946. The Morgan fingerprint density at radius 1 is 1.46 bits per heavy atom. The van der Waals surface area contributed by atoms with Gasteiger partial charge in [0.25, 0.3) is 0 Å². The molecule has 0 spiro atoms. The van der Waals surface area contributed by atoms with E-state index in [9.17, 15) is 8.42 Å². The Morgan fingerprint density at radius 3 is 2.31 bits per heavy atom. The molecule has 4 heteroatoms. The summed E-state index contributed by atoms with van der Waals surface area (Å²) in [5, 5.41) is -0.396. The second kappa shape index (κ2) is 5.25. The van der Waals surface area contributed by atoms with Gasteiger partial charge in [-0.1, -0.05) is 12.8 Å². The van der Waals surface area contributed by atoms with Crippen molar-refractivity contribution in [3.8, 4) is 12.3 Å². The van der Waals surface area contributed by atoms with Gasteiger partial charge >= 0.3 is 0 Å². The zero-order chi connectivity index (χ0) is 10.5. The number of terminal acetylenes is 1. The normalized spacial score (nSPS) is 12.0. The summed E-state index contributed by atoms with van der Waals surface area (Å²) in [5.41, 5.74) is 0. The zero-order valence-corrected chi connectivity index (χ0v) is 9.26. The lowest BCUT2D eigenvalue weighted by molar-refractivity contribution is 0.439. The molecule has 0 aliphatic heterocycles. The number of rotatable bonds is 5. The number of nitrogens with zero attached hydrogens (tertiary/aromatic N) is 1. The molecule has 0 saturated carbocycles. The number of hydrogen-bond acceptors (Lipinski definition) is 2. The summed E-state index contributed by atoms with van der Waals surface area (Å²) in [5.74, 6) is 2.36. The van der Waals surface area contributed by atoms with Crippen molar-refractivity contribution in [2.75, 3.05) is 13.1 Å². The first-order valence-electron chi connectivity index (χ1n) is 4.39. The predicted octanol–water partition coefficient (Wildman–Crippen LogP) is 1.07. The van der Waals surface area contributed by atoms with Gasteiger partial charge in [0.05, 0.1) is 11.8 Å². The van der Waals surface area contributed by atoms with Gasteiger partial charge < -0.3 is 0 Å². The Balaban J connectivity index is 4.65. The van der Waals surface area contributed by atoms with Gasteiger partial charge in [-0.05, 0) is 20.3 Å². The smallest absolute Gasteiger partial charge is 0.212 e. The van der Waals surface area contributed by atoms with Crippen LogP contribution in [-0.4, -0.2) is 31.1 Å². The minimum absolute atomic E-state index is 0.175. The maximum Gasteiger partial charge on any atom is 0.217 e. The molecule has 0 saturated heterocycles. The van der Waals surface area contributed by atoms with Crippen LogP contribution in [0.2, 0.25) is 0 Å². The van der Waals surface area contributed by atoms with Crippen molar-refractivity contribution in [2.24, 2.45) is 0 Å². The van der Waals surface area contributed by atoms with Crippen molar-refractivity contribution in [3.05, 3.63) is 0 Å². The molecule has 0 radical (unpaired) electrons. The predicted molar refractivity (Wildman–Crippen MR) is 54.8 cm³/mol. The summed E-state index contributed by atoms with van der Waals surface area (Å²) >= 11 is 0. The molecule has 0 aromatic heterocycles. The minimum atomic E-state index is -3.17. The standard InChI is InChI=1S/C9H17NO2S/c1-5-7-10(8-6-2)13(11,12)9(3)4/h1,9H,6-8H2,2-4H3. The van der Waals surface area contributed by atoms with E-state index < -0.39 is 15.3 Å². The second-order valence-corrected chi connectivity index (χ2v) is 5.62. The molecule has 0 aliphatic carbocycles. The SMILES string of the molecule is C#CCN(CCC)S(=O)(=O)C(C)C. The van der Waals surface area contributed by atoms with E-state index in [1.807, 2.05) is 6.92 Å². The largest absolute Gasteiger partial charge is 0.217 e. The second-order valence-electron chi connectivity index (χ2n) is 3.13. The molecule has 76 valence electrons. The molecule has 3 nitrogen and oxygen atoms in total. The van der Waals surface area contributed by atoms with E-state index >= 15 is 0 Å². The molecule has 0 unspecified atom stereocenters. The first kappa shape index (κ1) is 12.5. The lowest BCUT2D eigenvalue weighted by Gasteiger charge is -2.21. The Hall–Kier alpha value is -0.530. The van der Waals surface area contributed by atoms with E-state index in [-0.39, 0.29) is 6.54 Å². The van der Waals surface area contributed by atoms with E-state index in [1.165, 1.54) is 4.31 Å². The summed E-state index contributed by atoms with van der Waals surface area (Å²) < 4.78 is 24.6. The minimum Gasteiger partial charge on any atom is -0.212 e. The fourth-order valence-corrected chi connectivity index (χ4v) is 2.23. The topological polar surface area (TPSA) is 37.4 Å². The molecule has 0 bridgehead atoms. The van der Waals surface area contributed by atoms with Gasteiger partial charge in [0, 0.05) is 6.54 Å². The first-order valence-corrected chi connectivity index (χ1v) is 5.89. The van der Waals surface area contributed by atoms with Crippen molar-refractivity contribution in [3.63, 3.8) is 0 Å². The van der Waals surface area contributed by atoms with E-state index in [2.05, 4.69) is 5.92 Å². The average molecular weight is 203 g/mol. The fraction of sp³-hybridized carbons (Fsp3) is 0.778. The molecule has 0 aromatic rings. The van der Waals surface area contributed by atoms with Crippen molar-refractivity contribution in [1.82, 2.24) is 4.31 Å². The molecule has 0 aliphatic rings. The Kier molecular flexibility index (Phi) is 5.04. The van der Waals surface area contributed by atoms with Crippen molar-refractivity contribution < 1.29 is 8.42 Å². The highest BCUT2D eigenvalue weighted by Crippen LogP contribution is 2.08. The van der Waals surface area contributed by atoms with Gasteiger partial charge in [-0.2, -0.15) is 4.31 Å². The molecular formula is C9H17NO2S. The van der Waals surface area contributed by atoms with Crippen LogP contribution in [0.25, 0.3) is 0 Å². The molecular weight excluding hydrogens is 186 g/mol.